The maximum atomic E-state index is 16.1. The summed E-state index contributed by atoms with van der Waals surface area (Å²) in [4.78, 5) is 21.1. The molecule has 8 nitrogen and oxygen atoms in total. The average Bonchev–Trinajstić information content (AvgIpc) is 2.96. The molecule has 3 N–H and O–H groups in total. The fourth-order valence-corrected chi connectivity index (χ4v) is 5.51. The monoisotopic (exact) mass is 577 g/mol. The number of nitrogens with zero attached hydrogens (tertiary/aromatic N) is 3. The third-order valence-electron chi connectivity index (χ3n) is 7.90. The summed E-state index contributed by atoms with van der Waals surface area (Å²) in [6.45, 7) is 1.52. The van der Waals surface area contributed by atoms with Gasteiger partial charge in [-0.3, -0.25) is 15.0 Å². The van der Waals surface area contributed by atoms with Gasteiger partial charge in [-0.05, 0) is 57.0 Å². The van der Waals surface area contributed by atoms with Gasteiger partial charge in [0.25, 0.3) is 0 Å². The molecule has 12 heteroatoms. The van der Waals surface area contributed by atoms with Crippen molar-refractivity contribution in [2.24, 2.45) is 5.41 Å². The van der Waals surface area contributed by atoms with Gasteiger partial charge < -0.3 is 19.9 Å². The molecule has 1 aliphatic heterocycles. The average molecular weight is 578 g/mol. The molecule has 1 amide bonds. The highest BCUT2D eigenvalue weighted by Crippen LogP contribution is 2.43. The summed E-state index contributed by atoms with van der Waals surface area (Å²) in [7, 11) is 5.16. The third kappa shape index (κ3) is 6.65. The summed E-state index contributed by atoms with van der Waals surface area (Å²) in [5.41, 5.74) is 2.09. The number of hydroxylamine groups is 1. The molecule has 1 fully saturated rings. The SMILES string of the molecule is COc1ccc2ncc(N(C)C)c([C@H](F)CCC3(C(=O)NO)CCN(CCNc4c(F)cc(F)cc4F)CC3)c2c1. The number of fused-ring (bicyclic) bond motifs is 1. The zero-order valence-corrected chi connectivity index (χ0v) is 23.3. The number of likely N-dealkylation sites (tertiary alicyclic amines) is 1. The second-order valence-corrected chi connectivity index (χ2v) is 10.6. The van der Waals surface area contributed by atoms with Gasteiger partial charge in [0.05, 0.1) is 29.9 Å². The Morgan fingerprint density at radius 1 is 1.17 bits per heavy atom. The van der Waals surface area contributed by atoms with Gasteiger partial charge >= 0.3 is 0 Å². The normalized spacial score (nSPS) is 15.9. The van der Waals surface area contributed by atoms with Crippen molar-refractivity contribution < 1.29 is 32.3 Å². The van der Waals surface area contributed by atoms with E-state index in [0.717, 1.165) is 0 Å². The highest BCUT2D eigenvalue weighted by atomic mass is 19.1. The number of halogens is 4. The zero-order valence-electron chi connectivity index (χ0n) is 23.3. The second-order valence-electron chi connectivity index (χ2n) is 10.6. The fraction of sp³-hybridized carbons (Fsp3) is 0.448. The molecule has 41 heavy (non-hydrogen) atoms. The number of carbonyl (C=O) groups is 1. The van der Waals surface area contributed by atoms with E-state index >= 15 is 4.39 Å². The van der Waals surface area contributed by atoms with E-state index in [1.807, 2.05) is 19.0 Å². The Balaban J connectivity index is 1.44. The van der Waals surface area contributed by atoms with Gasteiger partial charge in [0.1, 0.15) is 23.4 Å². The number of nitrogens with one attached hydrogen (secondary N) is 2. The zero-order chi connectivity index (χ0) is 29.7. The number of piperidine rings is 1. The van der Waals surface area contributed by atoms with Crippen LogP contribution in [0.25, 0.3) is 10.9 Å². The van der Waals surface area contributed by atoms with Gasteiger partial charge in [-0.15, -0.1) is 0 Å². The van der Waals surface area contributed by atoms with E-state index in [4.69, 9.17) is 4.74 Å². The molecular formula is C29H35F4N5O3. The number of methoxy groups -OCH3 is 1. The number of benzene rings is 2. The van der Waals surface area contributed by atoms with Crippen LogP contribution in [0.3, 0.4) is 0 Å². The number of rotatable bonds is 11. The van der Waals surface area contributed by atoms with Crippen LogP contribution in [0, 0.1) is 22.9 Å². The lowest BCUT2D eigenvalue weighted by Crippen LogP contribution is -2.49. The molecule has 0 unspecified atom stereocenters. The molecule has 2 heterocycles. The molecule has 0 saturated carbocycles. The van der Waals surface area contributed by atoms with Crippen molar-refractivity contribution in [1.82, 2.24) is 15.4 Å². The Morgan fingerprint density at radius 2 is 1.85 bits per heavy atom. The van der Waals surface area contributed by atoms with E-state index in [1.165, 1.54) is 7.11 Å². The molecule has 2 aromatic carbocycles. The Kier molecular flexibility index (Phi) is 9.54. The smallest absolute Gasteiger partial charge is 0.249 e. The predicted molar refractivity (Wildman–Crippen MR) is 149 cm³/mol. The maximum absolute atomic E-state index is 16.1. The molecule has 0 aliphatic carbocycles. The first-order chi connectivity index (χ1) is 19.6. The van der Waals surface area contributed by atoms with Crippen molar-refractivity contribution in [3.05, 3.63) is 59.5 Å². The van der Waals surface area contributed by atoms with Crippen molar-refractivity contribution >= 4 is 28.2 Å². The number of anilines is 2. The first-order valence-electron chi connectivity index (χ1n) is 13.4. The lowest BCUT2D eigenvalue weighted by molar-refractivity contribution is -0.143. The van der Waals surface area contributed by atoms with Crippen molar-refractivity contribution in [2.75, 3.05) is 57.6 Å². The third-order valence-corrected chi connectivity index (χ3v) is 7.90. The minimum atomic E-state index is -1.42. The highest BCUT2D eigenvalue weighted by Gasteiger charge is 2.41. The first kappa shape index (κ1) is 30.3. The molecule has 1 saturated heterocycles. The Hall–Kier alpha value is -3.64. The van der Waals surface area contributed by atoms with E-state index < -0.39 is 40.6 Å². The van der Waals surface area contributed by atoms with Gasteiger partial charge in [-0.25, -0.2) is 23.0 Å². The van der Waals surface area contributed by atoms with Crippen molar-refractivity contribution in [1.29, 1.82) is 0 Å². The van der Waals surface area contributed by atoms with E-state index in [1.54, 1.807) is 34.8 Å². The van der Waals surface area contributed by atoms with Gasteiger partial charge in [0, 0.05) is 50.3 Å². The summed E-state index contributed by atoms with van der Waals surface area (Å²) in [6.07, 6.45) is 1.15. The Labute approximate surface area is 236 Å². The van der Waals surface area contributed by atoms with Crippen LogP contribution in [0.1, 0.15) is 37.4 Å². The number of pyridine rings is 1. The summed E-state index contributed by atoms with van der Waals surface area (Å²) in [5.74, 6) is -3.01. The quantitative estimate of drug-likeness (QED) is 0.164. The van der Waals surface area contributed by atoms with Crippen LogP contribution < -0.4 is 20.4 Å². The van der Waals surface area contributed by atoms with E-state index in [0.29, 0.717) is 72.5 Å². The minimum absolute atomic E-state index is 0.0370. The highest BCUT2D eigenvalue weighted by molar-refractivity contribution is 5.88. The van der Waals surface area contributed by atoms with Crippen LogP contribution in [0.15, 0.2) is 36.5 Å². The Bertz CT molecular complexity index is 1360. The maximum Gasteiger partial charge on any atom is 0.249 e. The summed E-state index contributed by atoms with van der Waals surface area (Å²) >= 11 is 0. The topological polar surface area (TPSA) is 90.0 Å². The fourth-order valence-electron chi connectivity index (χ4n) is 5.51. The molecule has 1 atom stereocenters. The van der Waals surface area contributed by atoms with Crippen molar-refractivity contribution in [3.63, 3.8) is 0 Å². The second kappa shape index (κ2) is 12.9. The van der Waals surface area contributed by atoms with Crippen molar-refractivity contribution in [3.8, 4) is 5.75 Å². The summed E-state index contributed by atoms with van der Waals surface area (Å²) < 4.78 is 62.4. The van der Waals surface area contributed by atoms with Gasteiger partial charge in [-0.1, -0.05) is 0 Å². The van der Waals surface area contributed by atoms with E-state index in [9.17, 15) is 23.2 Å². The molecule has 4 rings (SSSR count). The minimum Gasteiger partial charge on any atom is -0.497 e. The number of hydrogen-bond acceptors (Lipinski definition) is 7. The van der Waals surface area contributed by atoms with Crippen LogP contribution in [0.2, 0.25) is 0 Å². The number of amides is 1. The van der Waals surface area contributed by atoms with Gasteiger partial charge in [-0.2, -0.15) is 0 Å². The summed E-state index contributed by atoms with van der Waals surface area (Å²) in [6, 6.07) is 6.51. The van der Waals surface area contributed by atoms with E-state index in [2.05, 4.69) is 10.3 Å². The lowest BCUT2D eigenvalue weighted by Gasteiger charge is -2.40. The largest absolute Gasteiger partial charge is 0.497 e. The Morgan fingerprint density at radius 3 is 2.46 bits per heavy atom. The van der Waals surface area contributed by atoms with Gasteiger partial charge in [0.2, 0.25) is 5.91 Å². The number of alkyl halides is 1. The number of carbonyl (C=O) groups excluding carboxylic acids is 1. The van der Waals surface area contributed by atoms with Crippen LogP contribution in [-0.4, -0.2) is 68.4 Å². The molecule has 0 bridgehead atoms. The number of hydrogen-bond donors (Lipinski definition) is 3. The number of aromatic nitrogens is 1. The van der Waals surface area contributed by atoms with Gasteiger partial charge in [0.15, 0.2) is 11.6 Å². The standard InChI is InChI=1S/C29H35F4N5O3/c1-37(2)25-17-35-24-5-4-19(41-3)16-20(24)26(25)21(31)6-7-29(28(39)36-40)8-11-38(12-9-29)13-10-34-27-22(32)14-18(30)15-23(27)33/h4-5,14-17,21,34,40H,6-13H2,1-3H3,(H,36,39)/t21-/m1/s1. The van der Waals surface area contributed by atoms with Crippen LogP contribution >= 0.6 is 0 Å². The van der Waals surface area contributed by atoms with Crippen LogP contribution in [0.4, 0.5) is 28.9 Å². The predicted octanol–water partition coefficient (Wildman–Crippen LogP) is 5.22. The molecule has 0 spiro atoms. The summed E-state index contributed by atoms with van der Waals surface area (Å²) in [5, 5.41) is 12.8. The molecule has 1 aliphatic rings. The molecule has 3 aromatic rings. The lowest BCUT2D eigenvalue weighted by atomic mass is 9.73. The van der Waals surface area contributed by atoms with E-state index in [-0.39, 0.29) is 19.4 Å². The van der Waals surface area contributed by atoms with Crippen LogP contribution in [0.5, 0.6) is 5.75 Å². The molecule has 0 radical (unpaired) electrons. The number of ether oxygens (including phenoxy) is 1. The van der Waals surface area contributed by atoms with Crippen LogP contribution in [-0.2, 0) is 4.79 Å². The molecule has 1 aromatic heterocycles. The van der Waals surface area contributed by atoms with Crippen molar-refractivity contribution in [2.45, 2.75) is 31.9 Å². The first-order valence-corrected chi connectivity index (χ1v) is 13.4. The molecular weight excluding hydrogens is 542 g/mol. The molecule has 222 valence electrons.